The maximum absolute atomic E-state index is 14.5. The van der Waals surface area contributed by atoms with Gasteiger partial charge in [-0.25, -0.2) is 9.07 Å². The smallest absolute Gasteiger partial charge is 0.291 e. The lowest BCUT2D eigenvalue weighted by Gasteiger charge is -2.04. The van der Waals surface area contributed by atoms with E-state index in [4.69, 9.17) is 9.84 Å². The molecular weight excluding hydrogens is 485 g/mol. The summed E-state index contributed by atoms with van der Waals surface area (Å²) in [6.07, 6.45) is 3.57. The van der Waals surface area contributed by atoms with E-state index in [0.29, 0.717) is 32.1 Å². The fourth-order valence-electron chi connectivity index (χ4n) is 3.73. The van der Waals surface area contributed by atoms with E-state index in [0.717, 1.165) is 10.6 Å². The Kier molecular flexibility index (Phi) is 5.24. The fourth-order valence-corrected chi connectivity index (χ4v) is 5.28. The highest BCUT2D eigenvalue weighted by atomic mass is 32.1. The number of halogens is 1. The van der Waals surface area contributed by atoms with E-state index in [2.05, 4.69) is 10.1 Å². The second-order valence-corrected chi connectivity index (χ2v) is 9.54. The number of aromatic nitrogens is 5. The second-order valence-electron chi connectivity index (χ2n) is 7.59. The van der Waals surface area contributed by atoms with Gasteiger partial charge in [0, 0.05) is 17.3 Å². The van der Waals surface area contributed by atoms with E-state index >= 15 is 0 Å². The molecule has 2 aromatic carbocycles. The number of nitrogens with zero attached hydrogens (tertiary/aromatic N) is 5. The molecule has 0 amide bonds. The third kappa shape index (κ3) is 3.82. The zero-order valence-corrected chi connectivity index (χ0v) is 19.9. The first-order valence-electron chi connectivity index (χ1n) is 10.5. The van der Waals surface area contributed by atoms with Gasteiger partial charge in [0.2, 0.25) is 4.96 Å². The van der Waals surface area contributed by atoms with Gasteiger partial charge in [-0.3, -0.25) is 4.79 Å². The zero-order valence-electron chi connectivity index (χ0n) is 18.3. The quantitative estimate of drug-likeness (QED) is 0.350. The van der Waals surface area contributed by atoms with Crippen molar-refractivity contribution in [2.45, 2.75) is 0 Å². The number of methoxy groups -OCH3 is 1. The molecule has 6 rings (SSSR count). The molecule has 0 saturated carbocycles. The van der Waals surface area contributed by atoms with E-state index in [9.17, 15) is 9.18 Å². The number of benzene rings is 2. The fraction of sp³-hybridized carbons (Fsp3) is 0.0400. The van der Waals surface area contributed by atoms with Crippen molar-refractivity contribution >= 4 is 33.7 Å². The maximum Gasteiger partial charge on any atom is 0.291 e. The second kappa shape index (κ2) is 8.57. The molecule has 4 aromatic heterocycles. The number of thiophene rings is 1. The van der Waals surface area contributed by atoms with Gasteiger partial charge in [-0.2, -0.15) is 14.6 Å². The molecule has 172 valence electrons. The van der Waals surface area contributed by atoms with Crippen LogP contribution in [0.4, 0.5) is 4.39 Å². The summed E-state index contributed by atoms with van der Waals surface area (Å²) in [4.78, 5) is 19.0. The summed E-state index contributed by atoms with van der Waals surface area (Å²) < 4.78 is 23.0. The SMILES string of the molecule is COc1ccc(-c2nn(-c3ccccc3)cc2/C=c2\sc3nc(-c4cccs4)nn3c2=O)cc1F. The van der Waals surface area contributed by atoms with E-state index in [1.54, 1.807) is 22.9 Å². The zero-order chi connectivity index (χ0) is 23.9. The number of para-hydroxylation sites is 1. The van der Waals surface area contributed by atoms with Crippen molar-refractivity contribution in [1.29, 1.82) is 0 Å². The Morgan fingerprint density at radius 2 is 1.91 bits per heavy atom. The van der Waals surface area contributed by atoms with Gasteiger partial charge in [0.1, 0.15) is 5.69 Å². The normalized spacial score (nSPS) is 12.0. The molecule has 0 unspecified atom stereocenters. The van der Waals surface area contributed by atoms with Crippen LogP contribution in [0.5, 0.6) is 5.75 Å². The number of thiazole rings is 1. The van der Waals surface area contributed by atoms with E-state index in [1.165, 1.54) is 40.4 Å². The van der Waals surface area contributed by atoms with E-state index in [1.807, 2.05) is 54.0 Å². The monoisotopic (exact) mass is 501 g/mol. The van der Waals surface area contributed by atoms with Crippen LogP contribution in [0.1, 0.15) is 5.56 Å². The summed E-state index contributed by atoms with van der Waals surface area (Å²) in [5, 5.41) is 11.0. The van der Waals surface area contributed by atoms with Crippen LogP contribution in [0.15, 0.2) is 77.0 Å². The Hall–Kier alpha value is -4.15. The lowest BCUT2D eigenvalue weighted by Crippen LogP contribution is -2.23. The minimum Gasteiger partial charge on any atom is -0.494 e. The van der Waals surface area contributed by atoms with Gasteiger partial charge in [-0.15, -0.1) is 16.4 Å². The highest BCUT2D eigenvalue weighted by Crippen LogP contribution is 2.28. The molecule has 0 bridgehead atoms. The molecule has 0 spiro atoms. The highest BCUT2D eigenvalue weighted by molar-refractivity contribution is 7.15. The van der Waals surface area contributed by atoms with Crippen molar-refractivity contribution < 1.29 is 9.13 Å². The van der Waals surface area contributed by atoms with Gasteiger partial charge in [-0.1, -0.05) is 35.6 Å². The third-order valence-electron chi connectivity index (χ3n) is 5.40. The molecule has 0 radical (unpaired) electrons. The van der Waals surface area contributed by atoms with Crippen LogP contribution in [-0.2, 0) is 0 Å². The van der Waals surface area contributed by atoms with E-state index in [-0.39, 0.29) is 11.3 Å². The molecule has 0 N–H and O–H groups in total. The number of rotatable bonds is 5. The Balaban J connectivity index is 1.51. The maximum atomic E-state index is 14.5. The van der Waals surface area contributed by atoms with Crippen LogP contribution in [0, 0.1) is 5.82 Å². The largest absolute Gasteiger partial charge is 0.494 e. The molecule has 4 heterocycles. The Bertz CT molecular complexity index is 1770. The summed E-state index contributed by atoms with van der Waals surface area (Å²) in [6.45, 7) is 0. The molecule has 0 saturated heterocycles. The van der Waals surface area contributed by atoms with Gasteiger partial charge < -0.3 is 4.74 Å². The number of hydrogen-bond acceptors (Lipinski definition) is 7. The number of fused-ring (bicyclic) bond motifs is 1. The topological polar surface area (TPSA) is 74.3 Å². The molecule has 0 fully saturated rings. The van der Waals surface area contributed by atoms with Crippen LogP contribution in [-0.4, -0.2) is 31.5 Å². The van der Waals surface area contributed by atoms with Crippen molar-refractivity contribution in [1.82, 2.24) is 24.4 Å². The van der Waals surface area contributed by atoms with Crippen LogP contribution in [0.25, 0.3) is 38.7 Å². The lowest BCUT2D eigenvalue weighted by molar-refractivity contribution is 0.386. The summed E-state index contributed by atoms with van der Waals surface area (Å²) in [5.74, 6) is 0.187. The van der Waals surface area contributed by atoms with Crippen molar-refractivity contribution in [2.75, 3.05) is 7.11 Å². The first-order valence-corrected chi connectivity index (χ1v) is 12.2. The molecule has 7 nitrogen and oxygen atoms in total. The Morgan fingerprint density at radius 3 is 2.63 bits per heavy atom. The lowest BCUT2D eigenvalue weighted by atomic mass is 10.1. The van der Waals surface area contributed by atoms with Crippen LogP contribution < -0.4 is 14.8 Å². The molecule has 10 heteroatoms. The molecule has 6 aromatic rings. The summed E-state index contributed by atoms with van der Waals surface area (Å²) in [6, 6.07) is 18.1. The minimum atomic E-state index is -0.491. The molecule has 0 aliphatic rings. The first kappa shape index (κ1) is 21.4. The van der Waals surface area contributed by atoms with Crippen molar-refractivity contribution in [2.24, 2.45) is 0 Å². The predicted octanol–water partition coefficient (Wildman–Crippen LogP) is 4.43. The van der Waals surface area contributed by atoms with Crippen molar-refractivity contribution in [3.8, 4) is 33.4 Å². The van der Waals surface area contributed by atoms with Crippen LogP contribution in [0.3, 0.4) is 0 Å². The third-order valence-corrected chi connectivity index (χ3v) is 7.22. The van der Waals surface area contributed by atoms with Crippen molar-refractivity contribution in [3.63, 3.8) is 0 Å². The first-order chi connectivity index (χ1) is 17.1. The Morgan fingerprint density at radius 1 is 1.06 bits per heavy atom. The highest BCUT2D eigenvalue weighted by Gasteiger charge is 2.16. The molecule has 0 atom stereocenters. The van der Waals surface area contributed by atoms with Gasteiger partial charge in [0.15, 0.2) is 17.4 Å². The molecule has 0 aliphatic heterocycles. The standard InChI is InChI=1S/C25H16FN5O2S2/c1-33-19-10-9-15(12-18(19)26)22-16(14-30(28-22)17-6-3-2-4-7-17)13-21-24(32)31-25(35-21)27-23(29-31)20-8-5-11-34-20/h2-14H,1H3/b21-13-. The number of ether oxygens (including phenoxy) is 1. The van der Waals surface area contributed by atoms with Crippen LogP contribution >= 0.6 is 22.7 Å². The van der Waals surface area contributed by atoms with Crippen LogP contribution in [0.2, 0.25) is 0 Å². The average Bonchev–Trinajstić information content (AvgIpc) is 3.66. The van der Waals surface area contributed by atoms with E-state index < -0.39 is 5.82 Å². The molecule has 0 aliphatic carbocycles. The molecular formula is C25H16FN5O2S2. The summed E-state index contributed by atoms with van der Waals surface area (Å²) in [5.41, 5.74) is 2.34. The van der Waals surface area contributed by atoms with Gasteiger partial charge in [-0.05, 0) is 47.9 Å². The van der Waals surface area contributed by atoms with Gasteiger partial charge in [0.05, 0.1) is 22.2 Å². The molecule has 35 heavy (non-hydrogen) atoms. The van der Waals surface area contributed by atoms with Crippen molar-refractivity contribution in [3.05, 3.63) is 98.5 Å². The Labute approximate surface area is 206 Å². The summed E-state index contributed by atoms with van der Waals surface area (Å²) >= 11 is 2.77. The predicted molar refractivity (Wildman–Crippen MR) is 135 cm³/mol. The average molecular weight is 502 g/mol. The number of hydrogen-bond donors (Lipinski definition) is 0. The minimum absolute atomic E-state index is 0.149. The summed E-state index contributed by atoms with van der Waals surface area (Å²) in [7, 11) is 1.42. The van der Waals surface area contributed by atoms with Gasteiger partial charge >= 0.3 is 0 Å². The van der Waals surface area contributed by atoms with Gasteiger partial charge in [0.25, 0.3) is 5.56 Å².